The predicted molar refractivity (Wildman–Crippen MR) is 101 cm³/mol. The lowest BCUT2D eigenvalue weighted by Crippen LogP contribution is -2.43. The van der Waals surface area contributed by atoms with Crippen molar-refractivity contribution in [2.24, 2.45) is 0 Å². The summed E-state index contributed by atoms with van der Waals surface area (Å²) in [6.45, 7) is 1.91. The van der Waals surface area contributed by atoms with Crippen molar-refractivity contribution in [3.63, 3.8) is 0 Å². The predicted octanol–water partition coefficient (Wildman–Crippen LogP) is 3.11. The normalized spacial score (nSPS) is 16.0. The van der Waals surface area contributed by atoms with E-state index in [1.165, 1.54) is 12.1 Å². The Morgan fingerprint density at radius 3 is 2.29 bits per heavy atom. The third-order valence-electron chi connectivity index (χ3n) is 4.34. The smallest absolute Gasteiger partial charge is 0.332 e. The molecule has 150 valence electrons. The summed E-state index contributed by atoms with van der Waals surface area (Å²) in [6, 6.07) is 12.0. The Morgan fingerprint density at radius 1 is 1.11 bits per heavy atom. The molecule has 1 unspecified atom stereocenters. The van der Waals surface area contributed by atoms with Crippen LogP contribution in [0.25, 0.3) is 0 Å². The third kappa shape index (κ3) is 5.29. The van der Waals surface area contributed by atoms with Crippen molar-refractivity contribution in [2.75, 3.05) is 26.3 Å². The van der Waals surface area contributed by atoms with Crippen LogP contribution < -0.4 is 0 Å². The highest BCUT2D eigenvalue weighted by molar-refractivity contribution is 7.86. The number of amides is 1. The minimum Gasteiger partial charge on any atom is -0.378 e. The van der Waals surface area contributed by atoms with Crippen molar-refractivity contribution in [2.45, 2.75) is 17.6 Å². The monoisotopic (exact) mass is 427 g/mol. The second-order valence-electron chi connectivity index (χ2n) is 6.26. The Balaban J connectivity index is 1.82. The Kier molecular flexibility index (Phi) is 6.66. The summed E-state index contributed by atoms with van der Waals surface area (Å²) in [5, 5.41) is 0.590. The maximum atomic E-state index is 13.1. The largest absolute Gasteiger partial charge is 0.378 e. The number of nitrogens with zero attached hydrogens (tertiary/aromatic N) is 1. The fourth-order valence-corrected chi connectivity index (χ4v) is 3.41. The SMILES string of the molecule is O=C(C(OCc1ccc(Cl)cc1)c1ccc(S(=O)(=O)F)cc1)N1CCOCC1. The molecule has 2 aromatic rings. The number of hydrogen-bond acceptors (Lipinski definition) is 5. The van der Waals surface area contributed by atoms with E-state index in [4.69, 9.17) is 21.1 Å². The summed E-state index contributed by atoms with van der Waals surface area (Å²) in [5.74, 6) is -0.256. The molecule has 1 amide bonds. The average Bonchev–Trinajstić information content (AvgIpc) is 2.70. The molecule has 6 nitrogen and oxygen atoms in total. The molecule has 3 rings (SSSR count). The van der Waals surface area contributed by atoms with Gasteiger partial charge in [0.2, 0.25) is 0 Å². The number of benzene rings is 2. The van der Waals surface area contributed by atoms with Crippen LogP contribution in [0.4, 0.5) is 3.89 Å². The maximum absolute atomic E-state index is 13.1. The molecule has 1 aliphatic rings. The lowest BCUT2D eigenvalue weighted by Gasteiger charge is -2.30. The van der Waals surface area contributed by atoms with Crippen LogP contribution >= 0.6 is 11.6 Å². The molecule has 9 heteroatoms. The van der Waals surface area contributed by atoms with Gasteiger partial charge in [0, 0.05) is 18.1 Å². The van der Waals surface area contributed by atoms with Crippen molar-refractivity contribution in [3.8, 4) is 0 Å². The number of carbonyl (C=O) groups excluding carboxylic acids is 1. The van der Waals surface area contributed by atoms with Gasteiger partial charge in [0.25, 0.3) is 5.91 Å². The van der Waals surface area contributed by atoms with E-state index in [2.05, 4.69) is 0 Å². The first-order valence-corrected chi connectivity index (χ1v) is 10.4. The molecule has 0 saturated carbocycles. The van der Waals surface area contributed by atoms with E-state index in [9.17, 15) is 17.1 Å². The van der Waals surface area contributed by atoms with Crippen LogP contribution in [0.1, 0.15) is 17.2 Å². The maximum Gasteiger partial charge on any atom is 0.332 e. The van der Waals surface area contributed by atoms with Crippen LogP contribution in [0.5, 0.6) is 0 Å². The lowest BCUT2D eigenvalue weighted by molar-refractivity contribution is -0.149. The fraction of sp³-hybridized carbons (Fsp3) is 0.316. The summed E-state index contributed by atoms with van der Waals surface area (Å²) in [6.07, 6.45) is -0.954. The second-order valence-corrected chi connectivity index (χ2v) is 8.05. The van der Waals surface area contributed by atoms with E-state index in [-0.39, 0.29) is 12.5 Å². The van der Waals surface area contributed by atoms with E-state index >= 15 is 0 Å². The molecule has 0 aliphatic carbocycles. The first-order chi connectivity index (χ1) is 13.3. The zero-order valence-corrected chi connectivity index (χ0v) is 16.5. The van der Waals surface area contributed by atoms with Crippen LogP contribution in [0.15, 0.2) is 53.4 Å². The standard InChI is InChI=1S/C19H19ClFNO5S/c20-16-5-1-14(2-6-16)13-27-18(19(23)22-9-11-26-12-10-22)15-3-7-17(8-4-15)28(21,24)25/h1-8,18H,9-13H2. The molecule has 0 N–H and O–H groups in total. The summed E-state index contributed by atoms with van der Waals surface area (Å²) in [7, 11) is -4.81. The van der Waals surface area contributed by atoms with Crippen molar-refractivity contribution in [1.82, 2.24) is 4.90 Å². The van der Waals surface area contributed by atoms with Crippen molar-refractivity contribution in [1.29, 1.82) is 0 Å². The number of halogens is 2. The number of ether oxygens (including phenoxy) is 2. The van der Waals surface area contributed by atoms with E-state index < -0.39 is 21.2 Å². The van der Waals surface area contributed by atoms with Crippen molar-refractivity contribution in [3.05, 3.63) is 64.7 Å². The molecule has 0 spiro atoms. The van der Waals surface area contributed by atoms with Gasteiger partial charge >= 0.3 is 10.2 Å². The molecule has 0 radical (unpaired) electrons. The third-order valence-corrected chi connectivity index (χ3v) is 5.43. The van der Waals surface area contributed by atoms with Crippen LogP contribution in [-0.2, 0) is 31.1 Å². The van der Waals surface area contributed by atoms with Gasteiger partial charge in [-0.2, -0.15) is 8.42 Å². The Hall–Kier alpha value is -2.00. The van der Waals surface area contributed by atoms with Gasteiger partial charge in [-0.1, -0.05) is 35.9 Å². The highest BCUT2D eigenvalue weighted by Gasteiger charge is 2.28. The summed E-state index contributed by atoms with van der Waals surface area (Å²) >= 11 is 5.88. The molecule has 1 aliphatic heterocycles. The van der Waals surface area contributed by atoms with Gasteiger partial charge in [-0.25, -0.2) is 0 Å². The van der Waals surface area contributed by atoms with Gasteiger partial charge < -0.3 is 14.4 Å². The minimum atomic E-state index is -4.81. The van der Waals surface area contributed by atoms with E-state index in [1.54, 1.807) is 29.2 Å². The highest BCUT2D eigenvalue weighted by Crippen LogP contribution is 2.25. The van der Waals surface area contributed by atoms with Crippen LogP contribution in [0, 0.1) is 0 Å². The summed E-state index contributed by atoms with van der Waals surface area (Å²) in [4.78, 5) is 14.2. The molecule has 1 atom stereocenters. The second kappa shape index (κ2) is 9.00. The summed E-state index contributed by atoms with van der Waals surface area (Å²) < 4.78 is 46.4. The molecular formula is C19H19ClFNO5S. The average molecular weight is 428 g/mol. The number of morpholine rings is 1. The molecule has 0 bridgehead atoms. The molecule has 0 aromatic heterocycles. The van der Waals surface area contributed by atoms with Gasteiger partial charge in [-0.3, -0.25) is 4.79 Å². The van der Waals surface area contributed by atoms with Crippen LogP contribution in [-0.4, -0.2) is 45.5 Å². The highest BCUT2D eigenvalue weighted by atomic mass is 35.5. The van der Waals surface area contributed by atoms with Crippen molar-refractivity contribution >= 4 is 27.7 Å². The van der Waals surface area contributed by atoms with E-state index in [0.29, 0.717) is 36.9 Å². The first-order valence-electron chi connectivity index (χ1n) is 8.62. The fourth-order valence-electron chi connectivity index (χ4n) is 2.83. The first kappa shape index (κ1) is 20.7. The molecule has 1 heterocycles. The molecule has 28 heavy (non-hydrogen) atoms. The van der Waals surface area contributed by atoms with E-state index in [1.807, 2.05) is 0 Å². The minimum absolute atomic E-state index is 0.154. The van der Waals surface area contributed by atoms with Gasteiger partial charge in [-0.05, 0) is 35.4 Å². The van der Waals surface area contributed by atoms with Gasteiger partial charge in [0.1, 0.15) is 0 Å². The van der Waals surface area contributed by atoms with Crippen molar-refractivity contribution < 1.29 is 26.6 Å². The lowest BCUT2D eigenvalue weighted by atomic mass is 10.1. The Labute approximate surface area is 168 Å². The van der Waals surface area contributed by atoms with Crippen LogP contribution in [0.2, 0.25) is 5.02 Å². The van der Waals surface area contributed by atoms with Gasteiger partial charge in [0.05, 0.1) is 24.7 Å². The zero-order chi connectivity index (χ0) is 20.1. The molecule has 1 fully saturated rings. The van der Waals surface area contributed by atoms with Gasteiger partial charge in [0.15, 0.2) is 6.10 Å². The number of hydrogen-bond donors (Lipinski definition) is 0. The summed E-state index contributed by atoms with van der Waals surface area (Å²) in [5.41, 5.74) is 1.27. The molecular weight excluding hydrogens is 409 g/mol. The van der Waals surface area contributed by atoms with Gasteiger partial charge in [-0.15, -0.1) is 3.89 Å². The zero-order valence-electron chi connectivity index (χ0n) is 14.9. The number of rotatable bonds is 6. The Bertz CT molecular complexity index is 912. The van der Waals surface area contributed by atoms with E-state index in [0.717, 1.165) is 17.7 Å². The number of carbonyl (C=O) groups is 1. The topological polar surface area (TPSA) is 72.9 Å². The molecule has 1 saturated heterocycles. The molecule has 2 aromatic carbocycles. The Morgan fingerprint density at radius 2 is 1.71 bits per heavy atom. The van der Waals surface area contributed by atoms with Crippen LogP contribution in [0.3, 0.4) is 0 Å². The quantitative estimate of drug-likeness (QED) is 0.662.